The Bertz CT molecular complexity index is 1060. The van der Waals surface area contributed by atoms with Crippen LogP contribution in [0.25, 0.3) is 0 Å². The Morgan fingerprint density at radius 2 is 0.406 bits per heavy atom. The smallest absolute Gasteiger partial charge is 0.0463 e. The molecule has 5 aromatic carbocycles. The average molecular weight is 413 g/mol. The number of nitrogens with zero attached hydrogens (tertiary/aromatic N) is 2. The fourth-order valence-electron chi connectivity index (χ4n) is 3.95. The minimum Gasteiger partial charge on any atom is -0.311 e. The van der Waals surface area contributed by atoms with E-state index in [0.29, 0.717) is 0 Å². The van der Waals surface area contributed by atoms with E-state index >= 15 is 0 Å². The standard InChI is InChI=1S/C30H24N2/c1-5-13-25(14-6-1)31(26-15-7-2-8-16-26)29-21-23-30(24-22-29)32(27-17-9-3-10-18-27)28-19-11-4-12-20-28/h1-24H. The van der Waals surface area contributed by atoms with Crippen LogP contribution in [0.4, 0.5) is 34.1 Å². The molecule has 0 fully saturated rings. The molecule has 0 amide bonds. The predicted molar refractivity (Wildman–Crippen MR) is 136 cm³/mol. The third-order valence-corrected chi connectivity index (χ3v) is 5.42. The van der Waals surface area contributed by atoms with E-state index in [1.54, 1.807) is 0 Å². The molecule has 0 N–H and O–H groups in total. The summed E-state index contributed by atoms with van der Waals surface area (Å²) in [5.41, 5.74) is 6.77. The van der Waals surface area contributed by atoms with Gasteiger partial charge in [-0.1, -0.05) is 72.8 Å². The molecule has 0 aliphatic rings. The van der Waals surface area contributed by atoms with Gasteiger partial charge in [-0.15, -0.1) is 0 Å². The maximum absolute atomic E-state index is 2.28. The third-order valence-electron chi connectivity index (χ3n) is 5.42. The van der Waals surface area contributed by atoms with Gasteiger partial charge in [0.25, 0.3) is 0 Å². The topological polar surface area (TPSA) is 6.48 Å². The first-order valence-corrected chi connectivity index (χ1v) is 10.8. The summed E-state index contributed by atoms with van der Waals surface area (Å²) in [7, 11) is 0. The third kappa shape index (κ3) is 4.12. The summed E-state index contributed by atoms with van der Waals surface area (Å²) in [4.78, 5) is 4.55. The van der Waals surface area contributed by atoms with Gasteiger partial charge in [0, 0.05) is 34.1 Å². The van der Waals surface area contributed by atoms with Crippen LogP contribution in [-0.4, -0.2) is 0 Å². The normalized spacial score (nSPS) is 10.5. The summed E-state index contributed by atoms with van der Waals surface area (Å²) in [6, 6.07) is 50.7. The van der Waals surface area contributed by atoms with Crippen LogP contribution in [-0.2, 0) is 0 Å². The van der Waals surface area contributed by atoms with E-state index in [1.807, 2.05) is 24.3 Å². The molecular weight excluding hydrogens is 388 g/mol. The van der Waals surface area contributed by atoms with Crippen molar-refractivity contribution < 1.29 is 0 Å². The van der Waals surface area contributed by atoms with Crippen molar-refractivity contribution >= 4 is 34.1 Å². The molecule has 0 aromatic heterocycles. The van der Waals surface area contributed by atoms with Crippen molar-refractivity contribution in [2.45, 2.75) is 0 Å². The largest absolute Gasteiger partial charge is 0.311 e. The molecule has 0 radical (unpaired) electrons. The number of benzene rings is 5. The number of para-hydroxylation sites is 4. The summed E-state index contributed by atoms with van der Waals surface area (Å²) in [6.45, 7) is 0. The highest BCUT2D eigenvalue weighted by Crippen LogP contribution is 2.38. The Kier molecular flexibility index (Phi) is 5.67. The second-order valence-corrected chi connectivity index (χ2v) is 7.53. The minimum atomic E-state index is 1.12. The number of anilines is 6. The van der Waals surface area contributed by atoms with Gasteiger partial charge in [-0.2, -0.15) is 0 Å². The molecule has 0 atom stereocenters. The van der Waals surface area contributed by atoms with Crippen molar-refractivity contribution in [2.24, 2.45) is 0 Å². The molecule has 0 bridgehead atoms. The maximum atomic E-state index is 2.28. The van der Waals surface area contributed by atoms with Crippen LogP contribution < -0.4 is 9.80 Å². The lowest BCUT2D eigenvalue weighted by molar-refractivity contribution is 1.26. The summed E-state index contributed by atoms with van der Waals surface area (Å²) in [6.07, 6.45) is 0. The second kappa shape index (κ2) is 9.23. The molecular formula is C30H24N2. The van der Waals surface area contributed by atoms with Gasteiger partial charge in [0.2, 0.25) is 0 Å². The van der Waals surface area contributed by atoms with Crippen molar-refractivity contribution in [1.29, 1.82) is 0 Å². The Balaban J connectivity index is 1.57. The molecule has 154 valence electrons. The van der Waals surface area contributed by atoms with Crippen molar-refractivity contribution in [1.82, 2.24) is 0 Å². The van der Waals surface area contributed by atoms with Crippen LogP contribution in [0, 0.1) is 0 Å². The van der Waals surface area contributed by atoms with E-state index in [1.165, 1.54) is 0 Å². The second-order valence-electron chi connectivity index (χ2n) is 7.53. The molecule has 0 aliphatic carbocycles. The molecule has 0 heterocycles. The molecule has 5 rings (SSSR count). The monoisotopic (exact) mass is 412 g/mol. The van der Waals surface area contributed by atoms with Crippen molar-refractivity contribution in [3.63, 3.8) is 0 Å². The molecule has 0 saturated heterocycles. The lowest BCUT2D eigenvalue weighted by atomic mass is 10.1. The molecule has 2 nitrogen and oxygen atoms in total. The van der Waals surface area contributed by atoms with Gasteiger partial charge in [-0.05, 0) is 72.8 Å². The Morgan fingerprint density at radius 1 is 0.219 bits per heavy atom. The van der Waals surface area contributed by atoms with Gasteiger partial charge in [0.1, 0.15) is 0 Å². The molecule has 32 heavy (non-hydrogen) atoms. The molecule has 0 aliphatic heterocycles. The molecule has 0 unspecified atom stereocenters. The van der Waals surface area contributed by atoms with Crippen LogP contribution in [0.5, 0.6) is 0 Å². The molecule has 0 spiro atoms. The summed E-state index contributed by atoms with van der Waals surface area (Å²) >= 11 is 0. The highest BCUT2D eigenvalue weighted by atomic mass is 15.2. The van der Waals surface area contributed by atoms with Crippen LogP contribution in [0.2, 0.25) is 0 Å². The highest BCUT2D eigenvalue weighted by Gasteiger charge is 2.15. The Labute approximate surface area is 189 Å². The fourth-order valence-corrected chi connectivity index (χ4v) is 3.95. The Hall–Kier alpha value is -4.30. The number of hydrogen-bond donors (Lipinski definition) is 0. The van der Waals surface area contributed by atoms with E-state index in [-0.39, 0.29) is 0 Å². The zero-order valence-electron chi connectivity index (χ0n) is 17.8. The van der Waals surface area contributed by atoms with Crippen LogP contribution >= 0.6 is 0 Å². The number of hydrogen-bond acceptors (Lipinski definition) is 2. The quantitative estimate of drug-likeness (QED) is 0.275. The summed E-state index contributed by atoms with van der Waals surface area (Å²) in [5.74, 6) is 0. The maximum Gasteiger partial charge on any atom is 0.0463 e. The van der Waals surface area contributed by atoms with E-state index in [0.717, 1.165) is 34.1 Å². The number of rotatable bonds is 6. The molecule has 2 heteroatoms. The van der Waals surface area contributed by atoms with Gasteiger partial charge in [0.15, 0.2) is 0 Å². The SMILES string of the molecule is c1ccc(N(c2ccccc2)c2ccc(N(c3ccccc3)c3ccccc3)cc2)cc1. The van der Waals surface area contributed by atoms with Gasteiger partial charge in [-0.25, -0.2) is 0 Å². The fraction of sp³-hybridized carbons (Fsp3) is 0. The predicted octanol–water partition coefficient (Wildman–Crippen LogP) is 8.63. The van der Waals surface area contributed by atoms with E-state index in [2.05, 4.69) is 131 Å². The first-order valence-electron chi connectivity index (χ1n) is 10.8. The lowest BCUT2D eigenvalue weighted by Crippen LogP contribution is -2.12. The Morgan fingerprint density at radius 3 is 0.625 bits per heavy atom. The van der Waals surface area contributed by atoms with E-state index in [4.69, 9.17) is 0 Å². The summed E-state index contributed by atoms with van der Waals surface area (Å²) in [5, 5.41) is 0. The van der Waals surface area contributed by atoms with Gasteiger partial charge in [0.05, 0.1) is 0 Å². The van der Waals surface area contributed by atoms with E-state index in [9.17, 15) is 0 Å². The van der Waals surface area contributed by atoms with Gasteiger partial charge < -0.3 is 9.80 Å². The minimum absolute atomic E-state index is 1.12. The first-order chi connectivity index (χ1) is 15.9. The van der Waals surface area contributed by atoms with Crippen LogP contribution in [0.1, 0.15) is 0 Å². The van der Waals surface area contributed by atoms with Crippen molar-refractivity contribution in [3.8, 4) is 0 Å². The van der Waals surface area contributed by atoms with E-state index < -0.39 is 0 Å². The van der Waals surface area contributed by atoms with Gasteiger partial charge >= 0.3 is 0 Å². The van der Waals surface area contributed by atoms with Crippen LogP contribution in [0.3, 0.4) is 0 Å². The van der Waals surface area contributed by atoms with Gasteiger partial charge in [-0.3, -0.25) is 0 Å². The lowest BCUT2D eigenvalue weighted by Gasteiger charge is -2.28. The zero-order valence-corrected chi connectivity index (χ0v) is 17.8. The van der Waals surface area contributed by atoms with Crippen molar-refractivity contribution in [2.75, 3.05) is 9.80 Å². The molecule has 0 saturated carbocycles. The average Bonchev–Trinajstić information content (AvgIpc) is 2.88. The zero-order chi connectivity index (χ0) is 21.6. The first kappa shape index (κ1) is 19.7. The molecule has 5 aromatic rings. The van der Waals surface area contributed by atoms with Crippen molar-refractivity contribution in [3.05, 3.63) is 146 Å². The van der Waals surface area contributed by atoms with Crippen LogP contribution in [0.15, 0.2) is 146 Å². The summed E-state index contributed by atoms with van der Waals surface area (Å²) < 4.78 is 0. The highest BCUT2D eigenvalue weighted by molar-refractivity contribution is 5.80.